The van der Waals surface area contributed by atoms with E-state index in [1.165, 1.54) is 33.1 Å². The molecule has 31 heavy (non-hydrogen) atoms. The van der Waals surface area contributed by atoms with E-state index in [1.807, 2.05) is 0 Å². The standard InChI is InChI=1S/C24H28N6O/c1-28-12-15(13-30(24(25)26)23(31)16-5-4-8-27-11-16)9-19-18-6-3-7-20-22(18)17(10-21(19)28)14-29(20)2/h3-8,11,14-15,19,21H,9-10,12-13H2,1-2H3,(H3,25,26)/t15?,19-,21-/m1/s1. The lowest BCUT2D eigenvalue weighted by Gasteiger charge is -2.46. The average molecular weight is 417 g/mol. The summed E-state index contributed by atoms with van der Waals surface area (Å²) in [5.74, 6) is 0.164. The highest BCUT2D eigenvalue weighted by Gasteiger charge is 2.40. The molecule has 1 amide bonds. The van der Waals surface area contributed by atoms with Crippen LogP contribution in [0.1, 0.15) is 33.8 Å². The van der Waals surface area contributed by atoms with Crippen LogP contribution in [-0.4, -0.2) is 57.4 Å². The predicted molar refractivity (Wildman–Crippen MR) is 121 cm³/mol. The number of aromatic nitrogens is 2. The minimum atomic E-state index is -0.263. The number of likely N-dealkylation sites (N-methyl/N-ethyl adjacent to an activating group) is 1. The number of likely N-dealkylation sites (tertiary alicyclic amines) is 1. The molecule has 3 atom stereocenters. The number of pyridine rings is 1. The number of hydrogen-bond acceptors (Lipinski definition) is 4. The van der Waals surface area contributed by atoms with E-state index in [9.17, 15) is 4.79 Å². The molecule has 0 bridgehead atoms. The van der Waals surface area contributed by atoms with Gasteiger partial charge in [0.25, 0.3) is 5.91 Å². The van der Waals surface area contributed by atoms with Crippen molar-refractivity contribution in [3.8, 4) is 0 Å². The van der Waals surface area contributed by atoms with Crippen molar-refractivity contribution in [3.05, 3.63) is 65.6 Å². The number of hydrogen-bond donors (Lipinski definition) is 2. The van der Waals surface area contributed by atoms with Gasteiger partial charge in [-0.05, 0) is 55.1 Å². The molecular weight excluding hydrogens is 388 g/mol. The number of rotatable bonds is 3. The largest absolute Gasteiger partial charge is 0.370 e. The molecule has 0 saturated carbocycles. The van der Waals surface area contributed by atoms with Gasteiger partial charge in [0.2, 0.25) is 0 Å². The smallest absolute Gasteiger partial charge is 0.262 e. The molecule has 3 heterocycles. The minimum Gasteiger partial charge on any atom is -0.370 e. The van der Waals surface area contributed by atoms with Gasteiger partial charge < -0.3 is 15.2 Å². The Hall–Kier alpha value is -3.19. The van der Waals surface area contributed by atoms with Crippen molar-refractivity contribution >= 4 is 22.8 Å². The van der Waals surface area contributed by atoms with E-state index in [4.69, 9.17) is 11.1 Å². The minimum absolute atomic E-state index is 0.213. The Morgan fingerprint density at radius 1 is 1.29 bits per heavy atom. The average Bonchev–Trinajstić information content (AvgIpc) is 3.09. The van der Waals surface area contributed by atoms with E-state index in [0.717, 1.165) is 19.4 Å². The second kappa shape index (κ2) is 7.50. The lowest BCUT2D eigenvalue weighted by molar-refractivity contribution is 0.0731. The van der Waals surface area contributed by atoms with Crippen molar-refractivity contribution in [2.24, 2.45) is 18.7 Å². The van der Waals surface area contributed by atoms with Gasteiger partial charge in [-0.25, -0.2) is 0 Å². The van der Waals surface area contributed by atoms with Crippen LogP contribution in [0.3, 0.4) is 0 Å². The summed E-state index contributed by atoms with van der Waals surface area (Å²) in [5, 5.41) is 9.42. The number of piperidine rings is 1. The van der Waals surface area contributed by atoms with Crippen molar-refractivity contribution < 1.29 is 4.79 Å². The Labute approximate surface area is 182 Å². The van der Waals surface area contributed by atoms with Gasteiger partial charge in [0.15, 0.2) is 5.96 Å². The monoisotopic (exact) mass is 416 g/mol. The molecule has 1 saturated heterocycles. The zero-order valence-corrected chi connectivity index (χ0v) is 18.0. The van der Waals surface area contributed by atoms with Crippen molar-refractivity contribution in [2.75, 3.05) is 20.1 Å². The first-order chi connectivity index (χ1) is 14.9. The van der Waals surface area contributed by atoms with Crippen molar-refractivity contribution in [2.45, 2.75) is 24.8 Å². The van der Waals surface area contributed by atoms with Crippen molar-refractivity contribution in [1.29, 1.82) is 5.41 Å². The summed E-state index contributed by atoms with van der Waals surface area (Å²) in [7, 11) is 4.30. The molecule has 2 aliphatic rings. The lowest BCUT2D eigenvalue weighted by Crippen LogP contribution is -2.52. The SMILES string of the molecule is CN1CC(CN(C(=N)N)C(=O)c2cccnc2)C[C@@H]2c3cccc4c3c(cn4C)C[C@H]21. The fourth-order valence-corrected chi connectivity index (χ4v) is 5.66. The summed E-state index contributed by atoms with van der Waals surface area (Å²) in [6.45, 7) is 1.32. The second-order valence-corrected chi connectivity index (χ2v) is 8.97. The number of aryl methyl sites for hydroxylation is 1. The van der Waals surface area contributed by atoms with Crippen LogP contribution in [0.4, 0.5) is 0 Å². The lowest BCUT2D eigenvalue weighted by atomic mass is 9.72. The third kappa shape index (κ3) is 3.29. The molecule has 0 spiro atoms. The molecule has 7 nitrogen and oxygen atoms in total. The zero-order chi connectivity index (χ0) is 21.7. The number of nitrogens with one attached hydrogen (secondary N) is 1. The number of nitrogens with zero attached hydrogens (tertiary/aromatic N) is 4. The summed E-state index contributed by atoms with van der Waals surface area (Å²) in [6, 6.07) is 10.5. The number of carbonyl (C=O) groups is 1. The van der Waals surface area contributed by atoms with Crippen LogP contribution < -0.4 is 5.73 Å². The third-order valence-electron chi connectivity index (χ3n) is 7.00. The fraction of sp³-hybridized carbons (Fsp3) is 0.375. The normalized spacial score (nSPS) is 22.8. The molecule has 2 aromatic heterocycles. The maximum absolute atomic E-state index is 13.0. The molecular formula is C24H28N6O. The van der Waals surface area contributed by atoms with Crippen LogP contribution in [0.25, 0.3) is 10.9 Å². The van der Waals surface area contributed by atoms with Crippen molar-refractivity contribution in [1.82, 2.24) is 19.4 Å². The van der Waals surface area contributed by atoms with Crippen LogP contribution in [-0.2, 0) is 13.5 Å². The zero-order valence-electron chi connectivity index (χ0n) is 18.0. The Kier molecular flexibility index (Phi) is 4.78. The highest BCUT2D eigenvalue weighted by atomic mass is 16.2. The molecule has 1 aliphatic carbocycles. The van der Waals surface area contributed by atoms with Crippen LogP contribution in [0.2, 0.25) is 0 Å². The first-order valence-corrected chi connectivity index (χ1v) is 10.8. The molecule has 1 fully saturated rings. The Balaban J connectivity index is 1.43. The van der Waals surface area contributed by atoms with E-state index in [1.54, 1.807) is 18.3 Å². The number of guanidine groups is 1. The maximum Gasteiger partial charge on any atom is 0.262 e. The van der Waals surface area contributed by atoms with Gasteiger partial charge in [-0.15, -0.1) is 0 Å². The van der Waals surface area contributed by atoms with Gasteiger partial charge >= 0.3 is 0 Å². The second-order valence-electron chi connectivity index (χ2n) is 8.97. The maximum atomic E-state index is 13.0. The topological polar surface area (TPSA) is 91.2 Å². The van der Waals surface area contributed by atoms with E-state index < -0.39 is 0 Å². The van der Waals surface area contributed by atoms with Crippen LogP contribution in [0.15, 0.2) is 48.9 Å². The molecule has 7 heteroatoms. The highest BCUT2D eigenvalue weighted by molar-refractivity contribution is 6.04. The number of amides is 1. The fourth-order valence-electron chi connectivity index (χ4n) is 5.66. The molecule has 1 aromatic carbocycles. The summed E-state index contributed by atoms with van der Waals surface area (Å²) in [5.41, 5.74) is 10.4. The van der Waals surface area contributed by atoms with Gasteiger partial charge in [-0.1, -0.05) is 12.1 Å². The summed E-state index contributed by atoms with van der Waals surface area (Å²) >= 11 is 0. The molecule has 5 rings (SSSR count). The highest BCUT2D eigenvalue weighted by Crippen LogP contribution is 2.44. The summed E-state index contributed by atoms with van der Waals surface area (Å²) in [6.07, 6.45) is 7.46. The first kappa shape index (κ1) is 19.8. The third-order valence-corrected chi connectivity index (χ3v) is 7.00. The van der Waals surface area contributed by atoms with Crippen LogP contribution in [0.5, 0.6) is 0 Å². The molecule has 160 valence electrons. The molecule has 3 aromatic rings. The number of nitrogens with two attached hydrogens (primary N) is 1. The van der Waals surface area contributed by atoms with Gasteiger partial charge in [-0.3, -0.25) is 20.1 Å². The van der Waals surface area contributed by atoms with Gasteiger partial charge in [0, 0.05) is 61.6 Å². The number of fused-ring (bicyclic) bond motifs is 2. The predicted octanol–water partition coefficient (Wildman–Crippen LogP) is 2.57. The Bertz CT molecular complexity index is 1150. The van der Waals surface area contributed by atoms with Gasteiger partial charge in [0.05, 0.1) is 5.56 Å². The molecule has 0 radical (unpaired) electrons. The summed E-state index contributed by atoms with van der Waals surface area (Å²) in [4.78, 5) is 20.9. The van der Waals surface area contributed by atoms with Gasteiger partial charge in [0.1, 0.15) is 0 Å². The molecule has 3 N–H and O–H groups in total. The summed E-state index contributed by atoms with van der Waals surface area (Å²) < 4.78 is 2.23. The number of carbonyl (C=O) groups excluding carboxylic acids is 1. The van der Waals surface area contributed by atoms with Crippen LogP contribution in [0, 0.1) is 11.3 Å². The van der Waals surface area contributed by atoms with E-state index in [-0.39, 0.29) is 17.8 Å². The van der Waals surface area contributed by atoms with Gasteiger partial charge in [-0.2, -0.15) is 0 Å². The molecule has 1 unspecified atom stereocenters. The van der Waals surface area contributed by atoms with Crippen molar-refractivity contribution in [3.63, 3.8) is 0 Å². The van der Waals surface area contributed by atoms with E-state index in [2.05, 4.69) is 52.9 Å². The van der Waals surface area contributed by atoms with E-state index >= 15 is 0 Å². The number of benzene rings is 1. The quantitative estimate of drug-likeness (QED) is 0.507. The Morgan fingerprint density at radius 3 is 2.87 bits per heavy atom. The molecule has 1 aliphatic heterocycles. The van der Waals surface area contributed by atoms with Crippen LogP contribution >= 0.6 is 0 Å². The Morgan fingerprint density at radius 2 is 2.13 bits per heavy atom. The first-order valence-electron chi connectivity index (χ1n) is 10.8. The van der Waals surface area contributed by atoms with E-state index in [0.29, 0.717) is 24.1 Å².